The highest BCUT2D eigenvalue weighted by molar-refractivity contribution is 6.73. The highest BCUT2D eigenvalue weighted by Crippen LogP contribution is 2.55. The Morgan fingerprint density at radius 1 is 0.800 bits per heavy atom. The van der Waals surface area contributed by atoms with Crippen molar-refractivity contribution in [2.45, 2.75) is 95.6 Å². The number of rotatable bonds is 6. The lowest BCUT2D eigenvalue weighted by Gasteiger charge is -2.50. The molecule has 2 aliphatic rings. The van der Waals surface area contributed by atoms with Crippen molar-refractivity contribution in [3.63, 3.8) is 0 Å². The van der Waals surface area contributed by atoms with E-state index >= 15 is 4.39 Å². The zero-order valence-corrected chi connectivity index (χ0v) is 22.7. The topological polar surface area (TPSA) is 46.2 Å². The maximum atomic E-state index is 15.5. The monoisotopic (exact) mass is 502 g/mol. The lowest BCUT2D eigenvalue weighted by molar-refractivity contribution is -0.274. The first kappa shape index (κ1) is 26.4. The molecule has 2 aliphatic heterocycles. The number of ether oxygens (including phenoxy) is 3. The van der Waals surface area contributed by atoms with Crippen molar-refractivity contribution in [1.29, 1.82) is 0 Å². The molecule has 4 rings (SSSR count). The van der Waals surface area contributed by atoms with Gasteiger partial charge in [0.15, 0.2) is 0 Å². The summed E-state index contributed by atoms with van der Waals surface area (Å²) in [7, 11) is -2.96. The van der Waals surface area contributed by atoms with Crippen molar-refractivity contribution in [2.75, 3.05) is 6.61 Å². The van der Waals surface area contributed by atoms with E-state index in [2.05, 4.69) is 41.5 Å². The molecule has 0 radical (unpaired) electrons. The summed E-state index contributed by atoms with van der Waals surface area (Å²) in [6, 6.07) is 19.7. The van der Waals surface area contributed by atoms with Gasteiger partial charge in [0.25, 0.3) is 0 Å². The van der Waals surface area contributed by atoms with E-state index < -0.39 is 39.3 Å². The summed E-state index contributed by atoms with van der Waals surface area (Å²) in [6.07, 6.45) is -4.36. The first-order valence-electron chi connectivity index (χ1n) is 12.4. The van der Waals surface area contributed by atoms with Gasteiger partial charge in [-0.2, -0.15) is 0 Å². The average molecular weight is 503 g/mol. The zero-order valence-electron chi connectivity index (χ0n) is 21.7. The number of benzene rings is 2. The Labute approximate surface area is 210 Å². The van der Waals surface area contributed by atoms with E-state index in [1.807, 2.05) is 60.7 Å². The van der Waals surface area contributed by atoms with Crippen molar-refractivity contribution in [2.24, 2.45) is 0 Å². The minimum absolute atomic E-state index is 0.225. The van der Waals surface area contributed by atoms with Crippen LogP contribution in [0.2, 0.25) is 10.1 Å². The second kappa shape index (κ2) is 10.4. The molecule has 35 heavy (non-hydrogen) atoms. The zero-order chi connectivity index (χ0) is 25.3. The highest BCUT2D eigenvalue weighted by atomic mass is 28.4. The summed E-state index contributed by atoms with van der Waals surface area (Å²) in [5.41, 5.74) is 1.99. The number of hydrogen-bond donors (Lipinski definition) is 0. The van der Waals surface area contributed by atoms with Crippen LogP contribution in [-0.2, 0) is 36.3 Å². The highest BCUT2D eigenvalue weighted by Gasteiger charge is 2.64. The summed E-state index contributed by atoms with van der Waals surface area (Å²) in [5, 5.41) is -0.551. The molecule has 2 saturated heterocycles. The molecule has 5 atom stereocenters. The minimum Gasteiger partial charge on any atom is -0.391 e. The van der Waals surface area contributed by atoms with Crippen molar-refractivity contribution >= 4 is 8.56 Å². The summed E-state index contributed by atoms with van der Waals surface area (Å²) >= 11 is 0. The fourth-order valence-electron chi connectivity index (χ4n) is 5.38. The molecule has 0 unspecified atom stereocenters. The third kappa shape index (κ3) is 5.55. The van der Waals surface area contributed by atoms with E-state index in [1.54, 1.807) is 0 Å². The Morgan fingerprint density at radius 2 is 1.29 bits per heavy atom. The van der Waals surface area contributed by atoms with Gasteiger partial charge in [-0.25, -0.2) is 4.39 Å². The van der Waals surface area contributed by atoms with Gasteiger partial charge >= 0.3 is 8.56 Å². The van der Waals surface area contributed by atoms with Gasteiger partial charge in [-0.05, 0) is 11.1 Å². The van der Waals surface area contributed by atoms with Crippen LogP contribution in [0.1, 0.15) is 52.7 Å². The molecular formula is C28H39FO5Si. The van der Waals surface area contributed by atoms with Crippen LogP contribution < -0.4 is 0 Å². The predicted octanol–water partition coefficient (Wildman–Crippen LogP) is 6.31. The van der Waals surface area contributed by atoms with Gasteiger partial charge in [0.2, 0.25) is 6.36 Å². The molecule has 0 saturated carbocycles. The Hall–Kier alpha value is -1.61. The van der Waals surface area contributed by atoms with Gasteiger partial charge in [-0.15, -0.1) is 0 Å². The van der Waals surface area contributed by atoms with Crippen LogP contribution in [0.5, 0.6) is 0 Å². The summed E-state index contributed by atoms with van der Waals surface area (Å²) < 4.78 is 47.6. The maximum absolute atomic E-state index is 15.5. The third-order valence-corrected chi connectivity index (χ3v) is 12.0. The first-order chi connectivity index (χ1) is 16.5. The molecule has 2 aromatic rings. The van der Waals surface area contributed by atoms with Crippen molar-refractivity contribution in [1.82, 2.24) is 0 Å². The van der Waals surface area contributed by atoms with Gasteiger partial charge in [0.1, 0.15) is 24.4 Å². The summed E-state index contributed by atoms with van der Waals surface area (Å²) in [5.74, 6) is 0. The second-order valence-electron chi connectivity index (χ2n) is 11.6. The lowest BCUT2D eigenvalue weighted by atomic mass is 9.99. The van der Waals surface area contributed by atoms with Crippen molar-refractivity contribution in [3.8, 4) is 0 Å². The maximum Gasteiger partial charge on any atom is 0.349 e. The minimum atomic E-state index is -2.96. The largest absolute Gasteiger partial charge is 0.391 e. The lowest BCUT2D eigenvalue weighted by Crippen LogP contribution is -2.63. The van der Waals surface area contributed by atoms with Crippen molar-refractivity contribution < 1.29 is 27.5 Å². The molecule has 0 spiro atoms. The fourth-order valence-corrected chi connectivity index (χ4v) is 10.3. The van der Waals surface area contributed by atoms with Gasteiger partial charge in [-0.1, -0.05) is 102 Å². The molecule has 2 bridgehead atoms. The van der Waals surface area contributed by atoms with E-state index in [0.29, 0.717) is 6.61 Å². The molecule has 0 aliphatic carbocycles. The van der Waals surface area contributed by atoms with Crippen LogP contribution in [0.15, 0.2) is 60.7 Å². The van der Waals surface area contributed by atoms with Gasteiger partial charge in [-0.3, -0.25) is 0 Å². The van der Waals surface area contributed by atoms with E-state index in [0.717, 1.165) is 11.1 Å². The first-order valence-corrected chi connectivity index (χ1v) is 14.3. The Bertz CT molecular complexity index is 929. The quantitative estimate of drug-likeness (QED) is 0.433. The molecule has 0 aromatic heterocycles. The number of halogens is 1. The molecule has 192 valence electrons. The van der Waals surface area contributed by atoms with Gasteiger partial charge in [0.05, 0.1) is 19.8 Å². The standard InChI is InChI=1S/C28H39FO5Si/c1-27(2,3)35(28(4,5)6)32-19-22-23(30-17-20-13-9-7-10-14-20)24(34-35)25(26(29)33-22)31-18-21-15-11-8-12-16-21/h7-16,22-26H,17-19H2,1-6H3/t22-,23+,24+,25-,26+/m1/s1. The molecular weight excluding hydrogens is 463 g/mol. The van der Waals surface area contributed by atoms with E-state index in [-0.39, 0.29) is 23.3 Å². The Kier molecular flexibility index (Phi) is 7.86. The van der Waals surface area contributed by atoms with Crippen molar-refractivity contribution in [3.05, 3.63) is 71.8 Å². The van der Waals surface area contributed by atoms with Crippen LogP contribution in [0.4, 0.5) is 4.39 Å². The number of fused-ring (bicyclic) bond motifs is 2. The van der Waals surface area contributed by atoms with Crippen LogP contribution in [0, 0.1) is 0 Å². The molecule has 2 aromatic carbocycles. The average Bonchev–Trinajstić information content (AvgIpc) is 2.92. The number of hydrogen-bond acceptors (Lipinski definition) is 5. The Balaban J connectivity index is 1.67. The van der Waals surface area contributed by atoms with Gasteiger partial charge in [0, 0.05) is 10.1 Å². The van der Waals surface area contributed by atoms with E-state index in [1.165, 1.54) is 0 Å². The third-order valence-electron chi connectivity index (χ3n) is 6.88. The SMILES string of the molecule is CC(C)(C)[Si]1(C(C)(C)C)OC[C@H]2O[C@H](F)[C@H](OCc3ccccc3)[C@@H](O1)[C@H]2OCc1ccccc1. The van der Waals surface area contributed by atoms with Crippen LogP contribution >= 0.6 is 0 Å². The predicted molar refractivity (Wildman–Crippen MR) is 136 cm³/mol. The normalized spacial score (nSPS) is 28.9. The van der Waals surface area contributed by atoms with E-state index in [9.17, 15) is 0 Å². The fraction of sp³-hybridized carbons (Fsp3) is 0.571. The molecule has 7 heteroatoms. The van der Waals surface area contributed by atoms with Crippen LogP contribution in [0.3, 0.4) is 0 Å². The molecule has 2 fully saturated rings. The second-order valence-corrected chi connectivity index (χ2v) is 16.3. The summed E-state index contributed by atoms with van der Waals surface area (Å²) in [4.78, 5) is 0. The van der Waals surface area contributed by atoms with Crippen LogP contribution in [0.25, 0.3) is 0 Å². The summed E-state index contributed by atoms with van der Waals surface area (Å²) in [6.45, 7) is 13.7. The Morgan fingerprint density at radius 3 is 1.77 bits per heavy atom. The van der Waals surface area contributed by atoms with E-state index in [4.69, 9.17) is 23.1 Å². The molecule has 0 amide bonds. The molecule has 2 heterocycles. The van der Waals surface area contributed by atoms with Gasteiger partial charge < -0.3 is 23.1 Å². The smallest absolute Gasteiger partial charge is 0.349 e. The molecule has 5 nitrogen and oxygen atoms in total. The molecule has 0 N–H and O–H groups in total. The number of alkyl halides is 1. The van der Waals surface area contributed by atoms with Crippen LogP contribution in [-0.4, -0.2) is 45.9 Å².